The molecule has 0 aliphatic rings. The zero-order valence-corrected chi connectivity index (χ0v) is 15.4. The number of anilines is 2. The molecule has 1 heterocycles. The molecule has 2 N–H and O–H groups in total. The minimum Gasteiger partial charge on any atom is -0.373 e. The number of aromatic nitrogens is 2. The van der Waals surface area contributed by atoms with Crippen molar-refractivity contribution in [3.8, 4) is 0 Å². The lowest BCUT2D eigenvalue weighted by Gasteiger charge is -2.22. The standard InChI is InChI=1S/C18H20N8O/c1-6-15(27)21-14-11-12(26(7-2)8-3)9-10-13(14)24-25-18-22-16(19-4)17(20-5)23-18/h9-11H,6-8H2,1-3H3,(H,21,27)(H,22,23). The first kappa shape index (κ1) is 19.6. The minimum atomic E-state index is -0.133. The van der Waals surface area contributed by atoms with Crippen molar-refractivity contribution in [1.82, 2.24) is 9.97 Å². The highest BCUT2D eigenvalue weighted by molar-refractivity contribution is 5.94. The molecule has 0 bridgehead atoms. The summed E-state index contributed by atoms with van der Waals surface area (Å²) in [5, 5.41) is 10.9. The van der Waals surface area contributed by atoms with Crippen LogP contribution in [0.2, 0.25) is 0 Å². The maximum Gasteiger partial charge on any atom is 0.414 e. The van der Waals surface area contributed by atoms with Crippen molar-refractivity contribution in [1.29, 1.82) is 0 Å². The van der Waals surface area contributed by atoms with E-state index in [1.807, 2.05) is 12.1 Å². The second kappa shape index (κ2) is 9.11. The molecule has 0 saturated carbocycles. The zero-order valence-electron chi connectivity index (χ0n) is 15.4. The van der Waals surface area contributed by atoms with Crippen molar-refractivity contribution >= 4 is 40.6 Å². The highest BCUT2D eigenvalue weighted by Crippen LogP contribution is 2.33. The molecule has 0 saturated heterocycles. The van der Waals surface area contributed by atoms with Crippen molar-refractivity contribution in [2.45, 2.75) is 27.2 Å². The Morgan fingerprint density at radius 2 is 1.96 bits per heavy atom. The number of rotatable bonds is 7. The molecule has 1 aromatic heterocycles. The van der Waals surface area contributed by atoms with E-state index >= 15 is 0 Å². The average molecular weight is 364 g/mol. The second-order valence-corrected chi connectivity index (χ2v) is 5.43. The molecule has 0 fully saturated rings. The minimum absolute atomic E-state index is 0.0235. The molecule has 1 aromatic carbocycles. The average Bonchev–Trinajstić information content (AvgIpc) is 3.10. The Morgan fingerprint density at radius 1 is 1.22 bits per heavy atom. The summed E-state index contributed by atoms with van der Waals surface area (Å²) in [5.74, 6) is -0.0926. The van der Waals surface area contributed by atoms with Crippen LogP contribution in [0.25, 0.3) is 9.69 Å². The Balaban J connectivity index is 2.39. The summed E-state index contributed by atoms with van der Waals surface area (Å²) in [5.41, 5.74) is 1.96. The van der Waals surface area contributed by atoms with Gasteiger partial charge < -0.3 is 19.9 Å². The van der Waals surface area contributed by atoms with Crippen LogP contribution in [0, 0.1) is 13.1 Å². The van der Waals surface area contributed by atoms with Crippen molar-refractivity contribution < 1.29 is 4.79 Å². The van der Waals surface area contributed by atoms with Crippen LogP contribution < -0.4 is 10.2 Å². The summed E-state index contributed by atoms with van der Waals surface area (Å²) in [7, 11) is 0. The van der Waals surface area contributed by atoms with Crippen LogP contribution >= 0.6 is 0 Å². The number of imidazole rings is 1. The number of nitrogens with zero attached hydrogens (tertiary/aromatic N) is 6. The lowest BCUT2D eigenvalue weighted by Crippen LogP contribution is -2.22. The zero-order chi connectivity index (χ0) is 19.8. The number of hydrogen-bond donors (Lipinski definition) is 2. The van der Waals surface area contributed by atoms with E-state index in [1.54, 1.807) is 13.0 Å². The molecule has 0 radical (unpaired) electrons. The lowest BCUT2D eigenvalue weighted by atomic mass is 10.2. The molecular weight excluding hydrogens is 344 g/mol. The van der Waals surface area contributed by atoms with E-state index in [9.17, 15) is 4.79 Å². The van der Waals surface area contributed by atoms with Gasteiger partial charge in [-0.05, 0) is 32.0 Å². The maximum atomic E-state index is 11.9. The summed E-state index contributed by atoms with van der Waals surface area (Å²) in [4.78, 5) is 26.9. The molecule has 138 valence electrons. The van der Waals surface area contributed by atoms with Gasteiger partial charge in [0.2, 0.25) is 5.91 Å². The van der Waals surface area contributed by atoms with E-state index < -0.39 is 0 Å². The first-order valence-electron chi connectivity index (χ1n) is 8.51. The molecule has 0 atom stereocenters. The number of aromatic amines is 1. The van der Waals surface area contributed by atoms with E-state index in [0.717, 1.165) is 18.8 Å². The van der Waals surface area contributed by atoms with Gasteiger partial charge in [-0.25, -0.2) is 0 Å². The predicted molar refractivity (Wildman–Crippen MR) is 104 cm³/mol. The summed E-state index contributed by atoms with van der Waals surface area (Å²) < 4.78 is 0. The quantitative estimate of drug-likeness (QED) is 0.527. The van der Waals surface area contributed by atoms with E-state index in [2.05, 4.69) is 54.0 Å². The summed E-state index contributed by atoms with van der Waals surface area (Å²) in [6, 6.07) is 5.52. The molecule has 0 spiro atoms. The molecule has 0 aliphatic carbocycles. The summed E-state index contributed by atoms with van der Waals surface area (Å²) in [6.07, 6.45) is 0.340. The van der Waals surface area contributed by atoms with Gasteiger partial charge >= 0.3 is 5.95 Å². The molecule has 2 rings (SSSR count). The summed E-state index contributed by atoms with van der Waals surface area (Å²) in [6.45, 7) is 21.6. The monoisotopic (exact) mass is 364 g/mol. The normalized spacial score (nSPS) is 10.4. The SMILES string of the molecule is [C-]#[N+]c1nc(N=Nc2ccc(N(CC)CC)cc2NC(=O)CC)[nH]c1[N+]#[C-]. The third-order valence-electron chi connectivity index (χ3n) is 3.83. The predicted octanol–water partition coefficient (Wildman–Crippen LogP) is 5.12. The number of azo groups is 1. The molecule has 1 amide bonds. The van der Waals surface area contributed by atoms with Gasteiger partial charge in [0.25, 0.3) is 11.6 Å². The third-order valence-corrected chi connectivity index (χ3v) is 3.83. The van der Waals surface area contributed by atoms with Crippen molar-refractivity contribution in [3.05, 3.63) is 41.0 Å². The molecule has 0 aliphatic heterocycles. The topological polar surface area (TPSA) is 94.5 Å². The van der Waals surface area contributed by atoms with Crippen LogP contribution in [-0.2, 0) is 4.79 Å². The Bertz CT molecular complexity index is 896. The Kier molecular flexibility index (Phi) is 6.61. The van der Waals surface area contributed by atoms with Crippen LogP contribution in [0.5, 0.6) is 0 Å². The largest absolute Gasteiger partial charge is 0.414 e. The van der Waals surface area contributed by atoms with Crippen LogP contribution in [-0.4, -0.2) is 29.0 Å². The van der Waals surface area contributed by atoms with Crippen LogP contribution in [0.4, 0.5) is 34.6 Å². The second-order valence-electron chi connectivity index (χ2n) is 5.43. The summed E-state index contributed by atoms with van der Waals surface area (Å²) >= 11 is 0. The fourth-order valence-corrected chi connectivity index (χ4v) is 2.38. The van der Waals surface area contributed by atoms with E-state index in [0.29, 0.717) is 17.8 Å². The van der Waals surface area contributed by atoms with Gasteiger partial charge in [0, 0.05) is 25.2 Å². The van der Waals surface area contributed by atoms with Gasteiger partial charge in [-0.2, -0.15) is 0 Å². The number of amides is 1. The number of carbonyl (C=O) groups excluding carboxylic acids is 1. The molecule has 0 unspecified atom stereocenters. The van der Waals surface area contributed by atoms with Crippen LogP contribution in [0.3, 0.4) is 0 Å². The smallest absolute Gasteiger partial charge is 0.373 e. The fraction of sp³-hybridized carbons (Fsp3) is 0.333. The Labute approximate surface area is 157 Å². The van der Waals surface area contributed by atoms with E-state index in [1.165, 1.54) is 0 Å². The van der Waals surface area contributed by atoms with Gasteiger partial charge in [0.1, 0.15) is 5.69 Å². The highest BCUT2D eigenvalue weighted by atomic mass is 16.1. The number of carbonyl (C=O) groups is 1. The first-order chi connectivity index (χ1) is 13.1. The van der Waals surface area contributed by atoms with Crippen molar-refractivity contribution in [2.75, 3.05) is 23.3 Å². The molecular formula is C18H20N8O. The fourth-order valence-electron chi connectivity index (χ4n) is 2.38. The number of nitrogens with one attached hydrogen (secondary N) is 2. The van der Waals surface area contributed by atoms with E-state index in [-0.39, 0.29) is 23.5 Å². The van der Waals surface area contributed by atoms with Gasteiger partial charge in [-0.3, -0.25) is 9.78 Å². The maximum absolute atomic E-state index is 11.9. The van der Waals surface area contributed by atoms with Gasteiger partial charge in [0.05, 0.1) is 5.69 Å². The van der Waals surface area contributed by atoms with Crippen LogP contribution in [0.15, 0.2) is 28.4 Å². The van der Waals surface area contributed by atoms with E-state index in [4.69, 9.17) is 13.1 Å². The van der Waals surface area contributed by atoms with Gasteiger partial charge in [0.15, 0.2) is 0 Å². The molecule has 9 heteroatoms. The first-order valence-corrected chi connectivity index (χ1v) is 8.51. The number of benzene rings is 1. The van der Waals surface area contributed by atoms with Crippen LogP contribution in [0.1, 0.15) is 27.2 Å². The van der Waals surface area contributed by atoms with Gasteiger partial charge in [-0.15, -0.1) is 5.11 Å². The number of hydrogen-bond acceptors (Lipinski definition) is 5. The van der Waals surface area contributed by atoms with Crippen molar-refractivity contribution in [3.63, 3.8) is 0 Å². The Morgan fingerprint density at radius 3 is 2.52 bits per heavy atom. The Hall–Kier alpha value is -3.72. The number of H-pyrrole nitrogens is 1. The lowest BCUT2D eigenvalue weighted by molar-refractivity contribution is -0.115. The molecule has 2 aromatic rings. The van der Waals surface area contributed by atoms with Gasteiger partial charge in [-0.1, -0.05) is 30.2 Å². The molecule has 9 nitrogen and oxygen atoms in total. The highest BCUT2D eigenvalue weighted by Gasteiger charge is 2.14. The molecule has 27 heavy (non-hydrogen) atoms. The van der Waals surface area contributed by atoms with Crippen molar-refractivity contribution in [2.24, 2.45) is 10.2 Å². The third kappa shape index (κ3) is 4.67.